The van der Waals surface area contributed by atoms with Gasteiger partial charge in [0.25, 0.3) is 0 Å². The summed E-state index contributed by atoms with van der Waals surface area (Å²) in [5.41, 5.74) is 1.91. The molecule has 5 nitrogen and oxygen atoms in total. The Kier molecular flexibility index (Phi) is 6.95. The molecule has 1 unspecified atom stereocenters. The zero-order valence-electron chi connectivity index (χ0n) is 17.4. The molecule has 0 radical (unpaired) electrons. The molecule has 0 saturated carbocycles. The zero-order valence-corrected chi connectivity index (χ0v) is 17.4. The molecule has 1 atom stereocenters. The second-order valence-electron chi connectivity index (χ2n) is 8.65. The van der Waals surface area contributed by atoms with E-state index in [9.17, 15) is 4.39 Å². The van der Waals surface area contributed by atoms with Crippen LogP contribution in [0.4, 0.5) is 4.39 Å². The number of H-pyrrole nitrogens is 1. The molecular formula is C23H33FN4O. The fraction of sp³-hybridized carbons (Fsp3) is 0.609. The van der Waals surface area contributed by atoms with E-state index in [1.165, 1.54) is 6.42 Å². The predicted octanol–water partition coefficient (Wildman–Crippen LogP) is 3.75. The molecule has 2 saturated heterocycles. The molecule has 1 aromatic carbocycles. The number of halogens is 1. The summed E-state index contributed by atoms with van der Waals surface area (Å²) in [5, 5.41) is 0. The summed E-state index contributed by atoms with van der Waals surface area (Å²) in [6.07, 6.45) is 6.91. The molecule has 3 heterocycles. The van der Waals surface area contributed by atoms with Crippen LogP contribution < -0.4 is 0 Å². The molecule has 0 spiro atoms. The van der Waals surface area contributed by atoms with Crippen molar-refractivity contribution in [3.05, 3.63) is 53.4 Å². The summed E-state index contributed by atoms with van der Waals surface area (Å²) >= 11 is 0. The lowest BCUT2D eigenvalue weighted by atomic mass is 9.95. The van der Waals surface area contributed by atoms with E-state index in [2.05, 4.69) is 19.8 Å². The Hall–Kier alpha value is -1.76. The van der Waals surface area contributed by atoms with Gasteiger partial charge >= 0.3 is 0 Å². The number of aryl methyl sites for hydroxylation is 1. The van der Waals surface area contributed by atoms with E-state index < -0.39 is 0 Å². The monoisotopic (exact) mass is 400 g/mol. The molecule has 1 N–H and O–H groups in total. The number of nitrogens with zero attached hydrogens (tertiary/aromatic N) is 3. The Morgan fingerprint density at radius 3 is 2.72 bits per heavy atom. The number of aromatic amines is 1. The molecule has 0 bridgehead atoms. The molecule has 158 valence electrons. The average Bonchev–Trinajstić information content (AvgIpc) is 3.37. The third-order valence-electron chi connectivity index (χ3n) is 6.19. The van der Waals surface area contributed by atoms with E-state index in [1.807, 2.05) is 25.3 Å². The lowest BCUT2D eigenvalue weighted by molar-refractivity contribution is 0.0560. The normalized spacial score (nSPS) is 21.3. The van der Waals surface area contributed by atoms with E-state index in [0.29, 0.717) is 18.6 Å². The van der Waals surface area contributed by atoms with Gasteiger partial charge in [0, 0.05) is 43.7 Å². The first kappa shape index (κ1) is 20.5. The quantitative estimate of drug-likeness (QED) is 0.733. The highest BCUT2D eigenvalue weighted by Gasteiger charge is 2.25. The lowest BCUT2D eigenvalue weighted by Crippen LogP contribution is -2.40. The predicted molar refractivity (Wildman–Crippen MR) is 112 cm³/mol. The zero-order chi connectivity index (χ0) is 20.1. The van der Waals surface area contributed by atoms with Crippen molar-refractivity contribution in [2.45, 2.75) is 51.8 Å². The van der Waals surface area contributed by atoms with Crippen molar-refractivity contribution in [2.75, 3.05) is 32.8 Å². The van der Waals surface area contributed by atoms with Crippen LogP contribution in [-0.2, 0) is 17.8 Å². The van der Waals surface area contributed by atoms with Gasteiger partial charge in [0.1, 0.15) is 11.6 Å². The van der Waals surface area contributed by atoms with E-state index in [1.54, 1.807) is 12.1 Å². The Morgan fingerprint density at radius 1 is 1.21 bits per heavy atom. The van der Waals surface area contributed by atoms with Crippen molar-refractivity contribution in [3.63, 3.8) is 0 Å². The van der Waals surface area contributed by atoms with E-state index in [-0.39, 0.29) is 5.82 Å². The Morgan fingerprint density at radius 2 is 2.03 bits per heavy atom. The van der Waals surface area contributed by atoms with Crippen LogP contribution in [0.5, 0.6) is 0 Å². The number of ether oxygens (including phenoxy) is 1. The van der Waals surface area contributed by atoms with E-state index >= 15 is 0 Å². The van der Waals surface area contributed by atoms with Crippen molar-refractivity contribution >= 4 is 0 Å². The first-order valence-corrected chi connectivity index (χ1v) is 11.0. The standard InChI is InChI=1S/C23H33FN4O/c1-18-13-25-23(26-18)17-28(16-21-6-4-12-29-21)14-19-8-10-27(11-9-19)15-20-5-2-3-7-22(20)24/h2-3,5,7,13,19,21H,4,6,8-12,14-17H2,1H3,(H,25,26). The topological polar surface area (TPSA) is 44.4 Å². The van der Waals surface area contributed by atoms with Crippen LogP contribution in [0.1, 0.15) is 42.8 Å². The van der Waals surface area contributed by atoms with Gasteiger partial charge in [-0.15, -0.1) is 0 Å². The highest BCUT2D eigenvalue weighted by molar-refractivity contribution is 5.17. The average molecular weight is 401 g/mol. The number of hydrogen-bond donors (Lipinski definition) is 1. The van der Waals surface area contributed by atoms with Crippen molar-refractivity contribution < 1.29 is 9.13 Å². The molecule has 0 amide bonds. The number of hydrogen-bond acceptors (Lipinski definition) is 4. The van der Waals surface area contributed by atoms with Crippen LogP contribution in [0.25, 0.3) is 0 Å². The molecule has 0 aliphatic carbocycles. The molecular weight excluding hydrogens is 367 g/mol. The number of imidazole rings is 1. The minimum absolute atomic E-state index is 0.0916. The Balaban J connectivity index is 1.30. The fourth-order valence-electron chi connectivity index (χ4n) is 4.60. The SMILES string of the molecule is Cc1cnc(CN(CC2CCN(Cc3ccccc3F)CC2)CC2CCCO2)[nH]1. The highest BCUT2D eigenvalue weighted by atomic mass is 19.1. The third kappa shape index (κ3) is 5.87. The number of rotatable bonds is 8. The minimum Gasteiger partial charge on any atom is -0.377 e. The third-order valence-corrected chi connectivity index (χ3v) is 6.19. The first-order valence-electron chi connectivity index (χ1n) is 11.0. The summed E-state index contributed by atoms with van der Waals surface area (Å²) in [6.45, 7) is 8.63. The van der Waals surface area contributed by atoms with Crippen LogP contribution in [0.15, 0.2) is 30.5 Å². The second-order valence-corrected chi connectivity index (χ2v) is 8.65. The summed E-state index contributed by atoms with van der Waals surface area (Å²) < 4.78 is 19.8. The van der Waals surface area contributed by atoms with Gasteiger partial charge in [-0.3, -0.25) is 9.80 Å². The first-order chi connectivity index (χ1) is 14.2. The van der Waals surface area contributed by atoms with Crippen LogP contribution in [0.3, 0.4) is 0 Å². The summed E-state index contributed by atoms with van der Waals surface area (Å²) in [6, 6.07) is 7.14. The molecule has 6 heteroatoms. The maximum Gasteiger partial charge on any atom is 0.127 e. The molecule has 2 aromatic rings. The molecule has 1 aromatic heterocycles. The second kappa shape index (κ2) is 9.83. The number of likely N-dealkylation sites (tertiary alicyclic amines) is 1. The fourth-order valence-corrected chi connectivity index (χ4v) is 4.60. The van der Waals surface area contributed by atoms with Gasteiger partial charge in [0.2, 0.25) is 0 Å². The van der Waals surface area contributed by atoms with Crippen molar-refractivity contribution in [2.24, 2.45) is 5.92 Å². The molecule has 2 aliphatic rings. The van der Waals surface area contributed by atoms with Crippen LogP contribution in [0, 0.1) is 18.7 Å². The van der Waals surface area contributed by atoms with Gasteiger partial charge in [-0.2, -0.15) is 0 Å². The lowest BCUT2D eigenvalue weighted by Gasteiger charge is -2.35. The molecule has 2 aliphatic heterocycles. The van der Waals surface area contributed by atoms with Gasteiger partial charge in [-0.1, -0.05) is 18.2 Å². The van der Waals surface area contributed by atoms with Gasteiger partial charge in [-0.25, -0.2) is 9.37 Å². The van der Waals surface area contributed by atoms with Gasteiger partial charge in [-0.05, 0) is 57.7 Å². The van der Waals surface area contributed by atoms with Gasteiger partial charge in [0.05, 0.1) is 12.6 Å². The van der Waals surface area contributed by atoms with Crippen LogP contribution in [0.2, 0.25) is 0 Å². The van der Waals surface area contributed by atoms with E-state index in [4.69, 9.17) is 4.74 Å². The van der Waals surface area contributed by atoms with E-state index in [0.717, 1.165) is 75.7 Å². The van der Waals surface area contributed by atoms with Crippen molar-refractivity contribution in [1.82, 2.24) is 19.8 Å². The molecule has 2 fully saturated rings. The molecule has 29 heavy (non-hydrogen) atoms. The van der Waals surface area contributed by atoms with Crippen molar-refractivity contribution in [3.8, 4) is 0 Å². The minimum atomic E-state index is -0.0916. The largest absolute Gasteiger partial charge is 0.377 e. The molecule has 4 rings (SSSR count). The van der Waals surface area contributed by atoms with Crippen LogP contribution in [-0.4, -0.2) is 58.7 Å². The number of benzene rings is 1. The van der Waals surface area contributed by atoms with Gasteiger partial charge < -0.3 is 9.72 Å². The summed E-state index contributed by atoms with van der Waals surface area (Å²) in [4.78, 5) is 12.8. The maximum absolute atomic E-state index is 13.9. The number of aromatic nitrogens is 2. The summed E-state index contributed by atoms with van der Waals surface area (Å²) in [5.74, 6) is 1.62. The Labute approximate surface area is 173 Å². The Bertz CT molecular complexity index is 766. The smallest absolute Gasteiger partial charge is 0.127 e. The van der Waals surface area contributed by atoms with Crippen LogP contribution >= 0.6 is 0 Å². The van der Waals surface area contributed by atoms with Crippen molar-refractivity contribution in [1.29, 1.82) is 0 Å². The van der Waals surface area contributed by atoms with Gasteiger partial charge in [0.15, 0.2) is 0 Å². The maximum atomic E-state index is 13.9. The highest BCUT2D eigenvalue weighted by Crippen LogP contribution is 2.23. The summed E-state index contributed by atoms with van der Waals surface area (Å²) in [7, 11) is 0. The number of piperidine rings is 1. The number of nitrogens with one attached hydrogen (secondary N) is 1.